The largest absolute Gasteiger partial charge is 0.377 e. The van der Waals surface area contributed by atoms with Crippen molar-refractivity contribution in [3.63, 3.8) is 0 Å². The topological polar surface area (TPSA) is 38.0 Å². The van der Waals surface area contributed by atoms with Crippen LogP contribution in [0.15, 0.2) is 66.4 Å². The highest BCUT2D eigenvalue weighted by molar-refractivity contribution is 5.63. The Morgan fingerprint density at radius 3 is 2.62 bits per heavy atom. The predicted octanol–water partition coefficient (Wildman–Crippen LogP) is 4.53. The number of nitrogens with zero attached hydrogens (tertiary/aromatic N) is 2. The summed E-state index contributed by atoms with van der Waals surface area (Å²) in [5.74, 6) is 6.08. The number of rotatable bonds is 1. The average molecular weight is 384 g/mol. The average Bonchev–Trinajstić information content (AvgIpc) is 3.24. The third-order valence-corrected chi connectivity index (χ3v) is 6.38. The Morgan fingerprint density at radius 1 is 1.10 bits per heavy atom. The maximum Gasteiger partial charge on any atom is 0.135 e. The minimum Gasteiger partial charge on any atom is -0.377 e. The molecule has 3 aromatic rings. The van der Waals surface area contributed by atoms with E-state index in [1.165, 1.54) is 17.7 Å². The Hall–Kier alpha value is -3.16. The van der Waals surface area contributed by atoms with Crippen molar-refractivity contribution in [2.45, 2.75) is 31.8 Å². The molecule has 0 unspecified atom stereocenters. The molecule has 4 heteroatoms. The molecule has 144 valence electrons. The maximum absolute atomic E-state index is 13.3. The summed E-state index contributed by atoms with van der Waals surface area (Å²) in [6, 6.07) is 16.1. The van der Waals surface area contributed by atoms with Crippen LogP contribution in [0.25, 0.3) is 11.8 Å². The standard InChI is InChI=1S/C25H21FN2O/c1-24-16-19-17-27-28(22-9-7-21(26)8-10-22)23(19)15-20(24)12-14-25(24,29)13-11-18-5-3-2-4-6-18/h2-10,15,17,29H,12,14,16H2,1H3/t24-,25-/m0/s1. The van der Waals surface area contributed by atoms with Gasteiger partial charge in [0.1, 0.15) is 11.4 Å². The molecule has 1 saturated carbocycles. The number of hydrogen-bond acceptors (Lipinski definition) is 2. The van der Waals surface area contributed by atoms with Gasteiger partial charge in [-0.15, -0.1) is 0 Å². The van der Waals surface area contributed by atoms with Gasteiger partial charge in [0, 0.05) is 11.0 Å². The molecule has 5 rings (SSSR count). The van der Waals surface area contributed by atoms with Gasteiger partial charge in [-0.05, 0) is 67.3 Å². The van der Waals surface area contributed by atoms with Crippen LogP contribution in [-0.2, 0) is 6.42 Å². The highest BCUT2D eigenvalue weighted by Crippen LogP contribution is 2.55. The van der Waals surface area contributed by atoms with Crippen LogP contribution in [0.1, 0.15) is 36.6 Å². The lowest BCUT2D eigenvalue weighted by atomic mass is 9.67. The van der Waals surface area contributed by atoms with Gasteiger partial charge < -0.3 is 5.11 Å². The highest BCUT2D eigenvalue weighted by Gasteiger charge is 2.54. The van der Waals surface area contributed by atoms with Crippen molar-refractivity contribution in [3.8, 4) is 17.5 Å². The lowest BCUT2D eigenvalue weighted by Gasteiger charge is -2.39. The molecule has 0 amide bonds. The van der Waals surface area contributed by atoms with E-state index >= 15 is 0 Å². The molecule has 2 aliphatic carbocycles. The normalized spacial score (nSPS) is 24.9. The fourth-order valence-electron chi connectivity index (χ4n) is 4.54. The minimum absolute atomic E-state index is 0.265. The van der Waals surface area contributed by atoms with E-state index in [0.717, 1.165) is 28.9 Å². The summed E-state index contributed by atoms with van der Waals surface area (Å²) in [4.78, 5) is 0. The molecule has 29 heavy (non-hydrogen) atoms. The van der Waals surface area contributed by atoms with E-state index in [2.05, 4.69) is 29.9 Å². The third-order valence-electron chi connectivity index (χ3n) is 6.38. The molecule has 0 spiro atoms. The predicted molar refractivity (Wildman–Crippen MR) is 111 cm³/mol. The van der Waals surface area contributed by atoms with Crippen molar-refractivity contribution < 1.29 is 9.50 Å². The van der Waals surface area contributed by atoms with Crippen LogP contribution in [-0.4, -0.2) is 20.5 Å². The Balaban J connectivity index is 1.53. The first-order valence-electron chi connectivity index (χ1n) is 9.83. The van der Waals surface area contributed by atoms with Crippen LogP contribution in [0.4, 0.5) is 4.39 Å². The van der Waals surface area contributed by atoms with E-state index in [1.807, 2.05) is 41.2 Å². The quantitative estimate of drug-likeness (QED) is 0.626. The molecule has 2 aromatic carbocycles. The van der Waals surface area contributed by atoms with Crippen LogP contribution < -0.4 is 0 Å². The number of fused-ring (bicyclic) bond motifs is 2. The molecule has 1 N–H and O–H groups in total. The Morgan fingerprint density at radius 2 is 1.86 bits per heavy atom. The molecule has 1 fully saturated rings. The van der Waals surface area contributed by atoms with Gasteiger partial charge >= 0.3 is 0 Å². The number of hydrogen-bond donors (Lipinski definition) is 1. The summed E-state index contributed by atoms with van der Waals surface area (Å²) >= 11 is 0. The second-order valence-electron chi connectivity index (χ2n) is 8.10. The second kappa shape index (κ2) is 6.43. The molecular formula is C25H21FN2O. The van der Waals surface area contributed by atoms with Gasteiger partial charge in [-0.25, -0.2) is 9.07 Å². The zero-order valence-corrected chi connectivity index (χ0v) is 16.2. The van der Waals surface area contributed by atoms with Crippen molar-refractivity contribution in [2.75, 3.05) is 0 Å². The molecule has 0 aliphatic heterocycles. The highest BCUT2D eigenvalue weighted by atomic mass is 19.1. The molecule has 2 atom stereocenters. The zero-order valence-electron chi connectivity index (χ0n) is 16.2. The summed E-state index contributed by atoms with van der Waals surface area (Å²) in [7, 11) is 0. The Kier molecular flexibility index (Phi) is 3.97. The van der Waals surface area contributed by atoms with Crippen LogP contribution in [0.2, 0.25) is 0 Å². The van der Waals surface area contributed by atoms with Gasteiger partial charge in [-0.2, -0.15) is 5.10 Å². The summed E-state index contributed by atoms with van der Waals surface area (Å²) < 4.78 is 15.1. The van der Waals surface area contributed by atoms with Gasteiger partial charge in [0.25, 0.3) is 0 Å². The van der Waals surface area contributed by atoms with Crippen LogP contribution >= 0.6 is 0 Å². The lowest BCUT2D eigenvalue weighted by molar-refractivity contribution is 0.0153. The van der Waals surface area contributed by atoms with Gasteiger partial charge in [0.2, 0.25) is 0 Å². The van der Waals surface area contributed by atoms with Crippen LogP contribution in [0.3, 0.4) is 0 Å². The van der Waals surface area contributed by atoms with E-state index in [9.17, 15) is 9.50 Å². The SMILES string of the molecule is C[C@]12Cc3cnn(-c4ccc(F)cc4)c3C=C1CC[C@@]2(O)C#Cc1ccccc1. The molecule has 1 aromatic heterocycles. The molecule has 0 bridgehead atoms. The van der Waals surface area contributed by atoms with Crippen molar-refractivity contribution in [1.82, 2.24) is 9.78 Å². The monoisotopic (exact) mass is 384 g/mol. The van der Waals surface area contributed by atoms with Gasteiger partial charge in [0.15, 0.2) is 0 Å². The van der Waals surface area contributed by atoms with E-state index in [0.29, 0.717) is 12.8 Å². The first-order chi connectivity index (χ1) is 14.0. The Bertz CT molecular complexity index is 1170. The molecule has 0 radical (unpaired) electrons. The van der Waals surface area contributed by atoms with Crippen LogP contribution in [0.5, 0.6) is 0 Å². The Labute approximate surface area is 169 Å². The van der Waals surface area contributed by atoms with Crippen molar-refractivity contribution in [2.24, 2.45) is 5.41 Å². The van der Waals surface area contributed by atoms with E-state index in [4.69, 9.17) is 0 Å². The van der Waals surface area contributed by atoms with Crippen molar-refractivity contribution in [3.05, 3.63) is 89.0 Å². The van der Waals surface area contributed by atoms with Crippen molar-refractivity contribution >= 4 is 6.08 Å². The molecule has 2 aliphatic rings. The summed E-state index contributed by atoms with van der Waals surface area (Å²) in [6.07, 6.45) is 6.07. The fourth-order valence-corrected chi connectivity index (χ4v) is 4.54. The minimum atomic E-state index is -1.08. The van der Waals surface area contributed by atoms with Crippen molar-refractivity contribution in [1.29, 1.82) is 0 Å². The second-order valence-corrected chi connectivity index (χ2v) is 8.10. The summed E-state index contributed by atoms with van der Waals surface area (Å²) in [5.41, 5.74) is 3.47. The van der Waals surface area contributed by atoms with Crippen LogP contribution in [0, 0.1) is 23.1 Å². The fraction of sp³-hybridized carbons (Fsp3) is 0.240. The number of aliphatic hydroxyl groups is 1. The zero-order chi connectivity index (χ0) is 20.1. The van der Waals surface area contributed by atoms with E-state index < -0.39 is 11.0 Å². The molecular weight excluding hydrogens is 363 g/mol. The van der Waals surface area contributed by atoms with E-state index in [1.54, 1.807) is 12.1 Å². The smallest absolute Gasteiger partial charge is 0.135 e. The molecule has 0 saturated heterocycles. The summed E-state index contributed by atoms with van der Waals surface area (Å²) in [5, 5.41) is 16.0. The number of aromatic nitrogens is 2. The van der Waals surface area contributed by atoms with E-state index in [-0.39, 0.29) is 5.82 Å². The van der Waals surface area contributed by atoms with Gasteiger partial charge in [0.05, 0.1) is 17.6 Å². The van der Waals surface area contributed by atoms with Gasteiger partial charge in [-0.1, -0.05) is 42.5 Å². The first kappa shape index (κ1) is 17.9. The number of benzene rings is 2. The van der Waals surface area contributed by atoms with Gasteiger partial charge in [-0.3, -0.25) is 0 Å². The summed E-state index contributed by atoms with van der Waals surface area (Å²) in [6.45, 7) is 2.10. The molecule has 1 heterocycles. The maximum atomic E-state index is 13.3. The number of halogens is 1. The lowest BCUT2D eigenvalue weighted by Crippen LogP contribution is -2.44. The first-order valence-corrected chi connectivity index (χ1v) is 9.83. The molecule has 3 nitrogen and oxygen atoms in total. The third kappa shape index (κ3) is 2.82.